The van der Waals surface area contributed by atoms with Crippen molar-refractivity contribution in [1.29, 1.82) is 0 Å². The first kappa shape index (κ1) is 16.5. The molecule has 0 heterocycles. The van der Waals surface area contributed by atoms with Crippen molar-refractivity contribution in [3.63, 3.8) is 0 Å². The molecule has 4 nitrogen and oxygen atoms in total. The molecule has 0 aliphatic carbocycles. The maximum Gasteiger partial charge on any atom is 0.401 e. The lowest BCUT2D eigenvalue weighted by Crippen LogP contribution is -2.40. The molecule has 7 heteroatoms. The summed E-state index contributed by atoms with van der Waals surface area (Å²) >= 11 is 0. The van der Waals surface area contributed by atoms with E-state index in [9.17, 15) is 23.1 Å². The highest BCUT2D eigenvalue weighted by Gasteiger charge is 2.33. The number of alkyl halides is 3. The summed E-state index contributed by atoms with van der Waals surface area (Å²) < 4.78 is 37.2. The van der Waals surface area contributed by atoms with Crippen LogP contribution in [0.15, 0.2) is 30.3 Å². The van der Waals surface area contributed by atoms with Crippen molar-refractivity contribution < 1.29 is 28.2 Å². The number of carbonyl (C=O) groups is 1. The highest BCUT2D eigenvalue weighted by molar-refractivity contribution is 5.76. The fourth-order valence-electron chi connectivity index (χ4n) is 1.90. The van der Waals surface area contributed by atoms with Crippen LogP contribution in [0, 0.1) is 0 Å². The Morgan fingerprint density at radius 1 is 1.25 bits per heavy atom. The first-order valence-corrected chi connectivity index (χ1v) is 6.01. The Labute approximate surface area is 114 Å². The Bertz CT molecular complexity index is 423. The molecule has 1 aromatic carbocycles. The summed E-state index contributed by atoms with van der Waals surface area (Å²) in [7, 11) is 0. The van der Waals surface area contributed by atoms with Crippen LogP contribution in [-0.2, 0) is 4.79 Å². The summed E-state index contributed by atoms with van der Waals surface area (Å²) in [5.41, 5.74) is 0.435. The zero-order valence-electron chi connectivity index (χ0n) is 10.7. The molecule has 1 unspecified atom stereocenters. The van der Waals surface area contributed by atoms with Gasteiger partial charge in [-0.05, 0) is 5.56 Å². The number of aliphatic hydroxyl groups excluding tert-OH is 1. The lowest BCUT2D eigenvalue weighted by molar-refractivity contribution is -0.151. The number of aliphatic carboxylic acids is 1. The third-order valence-electron chi connectivity index (χ3n) is 2.76. The number of carboxylic acids is 1. The van der Waals surface area contributed by atoms with E-state index < -0.39 is 31.2 Å². The standard InChI is InChI=1S/C13H16F3NO3/c14-13(15,16)9-17(6-7-18)8-11(12(19)20)10-4-2-1-3-5-10/h1-5,11,18H,6-9H2,(H,19,20). The number of nitrogens with zero attached hydrogens (tertiary/aromatic N) is 1. The minimum absolute atomic E-state index is 0.226. The molecule has 0 saturated heterocycles. The molecular weight excluding hydrogens is 275 g/mol. The van der Waals surface area contributed by atoms with Gasteiger partial charge in [-0.1, -0.05) is 30.3 Å². The van der Waals surface area contributed by atoms with Crippen molar-refractivity contribution in [3.05, 3.63) is 35.9 Å². The van der Waals surface area contributed by atoms with Crippen LogP contribution in [0.1, 0.15) is 11.5 Å². The van der Waals surface area contributed by atoms with Crippen LogP contribution in [0.4, 0.5) is 13.2 Å². The normalized spacial score (nSPS) is 13.4. The molecule has 20 heavy (non-hydrogen) atoms. The Morgan fingerprint density at radius 3 is 2.30 bits per heavy atom. The number of benzene rings is 1. The summed E-state index contributed by atoms with van der Waals surface area (Å²) in [5.74, 6) is -2.26. The molecule has 2 N–H and O–H groups in total. The number of hydrogen-bond donors (Lipinski definition) is 2. The van der Waals surface area contributed by atoms with Gasteiger partial charge in [-0.25, -0.2) is 0 Å². The van der Waals surface area contributed by atoms with E-state index in [1.54, 1.807) is 30.3 Å². The van der Waals surface area contributed by atoms with Crippen molar-refractivity contribution >= 4 is 5.97 Å². The van der Waals surface area contributed by atoms with Crippen LogP contribution >= 0.6 is 0 Å². The number of carboxylic acid groups (broad SMARTS) is 1. The van der Waals surface area contributed by atoms with E-state index in [2.05, 4.69) is 0 Å². The molecule has 0 amide bonds. The Morgan fingerprint density at radius 2 is 1.85 bits per heavy atom. The molecule has 0 aliphatic rings. The molecule has 1 rings (SSSR count). The predicted octanol–water partition coefficient (Wildman–Crippen LogP) is 1.71. The largest absolute Gasteiger partial charge is 0.481 e. The lowest BCUT2D eigenvalue weighted by atomic mass is 9.98. The second-order valence-electron chi connectivity index (χ2n) is 4.38. The molecule has 1 atom stereocenters. The summed E-state index contributed by atoms with van der Waals surface area (Å²) in [4.78, 5) is 12.1. The summed E-state index contributed by atoms with van der Waals surface area (Å²) in [6.07, 6.45) is -4.44. The van der Waals surface area contributed by atoms with Gasteiger partial charge >= 0.3 is 12.1 Å². The van der Waals surface area contributed by atoms with Crippen molar-refractivity contribution in [2.24, 2.45) is 0 Å². The maximum absolute atomic E-state index is 12.4. The third-order valence-corrected chi connectivity index (χ3v) is 2.76. The van der Waals surface area contributed by atoms with Gasteiger partial charge in [-0.15, -0.1) is 0 Å². The molecule has 1 aromatic rings. The fraction of sp³-hybridized carbons (Fsp3) is 0.462. The van der Waals surface area contributed by atoms with Crippen LogP contribution in [0.5, 0.6) is 0 Å². The molecular formula is C13H16F3NO3. The minimum atomic E-state index is -4.44. The zero-order chi connectivity index (χ0) is 15.2. The molecule has 0 aliphatic heterocycles. The van der Waals surface area contributed by atoms with Gasteiger partial charge in [-0.2, -0.15) is 13.2 Å². The number of aliphatic hydroxyl groups is 1. The van der Waals surface area contributed by atoms with E-state index in [0.29, 0.717) is 5.56 Å². The van der Waals surface area contributed by atoms with Crippen molar-refractivity contribution in [3.8, 4) is 0 Å². The van der Waals surface area contributed by atoms with Gasteiger partial charge < -0.3 is 10.2 Å². The summed E-state index contributed by atoms with van der Waals surface area (Å²) in [6.45, 7) is -2.24. The van der Waals surface area contributed by atoms with E-state index in [0.717, 1.165) is 4.90 Å². The highest BCUT2D eigenvalue weighted by atomic mass is 19.4. The predicted molar refractivity (Wildman–Crippen MR) is 66.4 cm³/mol. The minimum Gasteiger partial charge on any atom is -0.481 e. The van der Waals surface area contributed by atoms with Crippen molar-refractivity contribution in [2.75, 3.05) is 26.2 Å². The molecule has 0 aromatic heterocycles. The van der Waals surface area contributed by atoms with Gasteiger partial charge in [0.05, 0.1) is 19.1 Å². The Kier molecular flexibility index (Phi) is 5.97. The van der Waals surface area contributed by atoms with Gasteiger partial charge in [0.1, 0.15) is 0 Å². The quantitative estimate of drug-likeness (QED) is 0.803. The van der Waals surface area contributed by atoms with Gasteiger partial charge in [0.2, 0.25) is 0 Å². The first-order valence-electron chi connectivity index (χ1n) is 6.01. The Hall–Kier alpha value is -1.60. The Balaban J connectivity index is 2.84. The van der Waals surface area contributed by atoms with E-state index in [-0.39, 0.29) is 13.1 Å². The average Bonchev–Trinajstić information content (AvgIpc) is 2.35. The van der Waals surface area contributed by atoms with Crippen LogP contribution < -0.4 is 0 Å². The molecule has 0 saturated carbocycles. The number of hydrogen-bond acceptors (Lipinski definition) is 3. The second kappa shape index (κ2) is 7.25. The lowest BCUT2D eigenvalue weighted by Gasteiger charge is -2.26. The SMILES string of the molecule is O=C(O)C(CN(CCO)CC(F)(F)F)c1ccccc1. The summed E-state index contributed by atoms with van der Waals surface area (Å²) in [5, 5.41) is 18.0. The van der Waals surface area contributed by atoms with Crippen LogP contribution in [0.3, 0.4) is 0 Å². The molecule has 0 radical (unpaired) electrons. The highest BCUT2D eigenvalue weighted by Crippen LogP contribution is 2.21. The van der Waals surface area contributed by atoms with Gasteiger partial charge in [0, 0.05) is 13.1 Å². The van der Waals surface area contributed by atoms with Gasteiger partial charge in [-0.3, -0.25) is 9.69 Å². The smallest absolute Gasteiger partial charge is 0.401 e. The van der Waals surface area contributed by atoms with Gasteiger partial charge in [0.25, 0.3) is 0 Å². The van der Waals surface area contributed by atoms with E-state index >= 15 is 0 Å². The number of rotatable bonds is 7. The van der Waals surface area contributed by atoms with E-state index in [1.807, 2.05) is 0 Å². The first-order chi connectivity index (χ1) is 9.33. The summed E-state index contributed by atoms with van der Waals surface area (Å²) in [6, 6.07) is 8.08. The number of halogens is 3. The second-order valence-corrected chi connectivity index (χ2v) is 4.38. The monoisotopic (exact) mass is 291 g/mol. The maximum atomic E-state index is 12.4. The molecule has 0 fully saturated rings. The zero-order valence-corrected chi connectivity index (χ0v) is 10.7. The third kappa shape index (κ3) is 5.58. The molecule has 0 bridgehead atoms. The van der Waals surface area contributed by atoms with Crippen LogP contribution in [0.2, 0.25) is 0 Å². The van der Waals surface area contributed by atoms with E-state index in [1.165, 1.54) is 0 Å². The van der Waals surface area contributed by atoms with Crippen LogP contribution in [-0.4, -0.2) is 53.5 Å². The average molecular weight is 291 g/mol. The van der Waals surface area contributed by atoms with Crippen LogP contribution in [0.25, 0.3) is 0 Å². The topological polar surface area (TPSA) is 60.8 Å². The van der Waals surface area contributed by atoms with Crippen molar-refractivity contribution in [1.82, 2.24) is 4.90 Å². The fourth-order valence-corrected chi connectivity index (χ4v) is 1.90. The van der Waals surface area contributed by atoms with E-state index in [4.69, 9.17) is 5.11 Å². The molecule has 0 spiro atoms. The van der Waals surface area contributed by atoms with Crippen molar-refractivity contribution in [2.45, 2.75) is 12.1 Å². The molecule has 112 valence electrons. The van der Waals surface area contributed by atoms with Gasteiger partial charge in [0.15, 0.2) is 0 Å².